The van der Waals surface area contributed by atoms with Crippen molar-refractivity contribution >= 4 is 0 Å². The minimum atomic E-state index is -0.0592. The van der Waals surface area contributed by atoms with Crippen LogP contribution in [0.15, 0.2) is 36.1 Å². The number of benzene rings is 1. The van der Waals surface area contributed by atoms with E-state index in [1.54, 1.807) is 6.08 Å². The molecule has 118 valence electrons. The van der Waals surface area contributed by atoms with Crippen LogP contribution in [0, 0.1) is 0 Å². The molecule has 21 heavy (non-hydrogen) atoms. The highest BCUT2D eigenvalue weighted by molar-refractivity contribution is 5.28. The maximum absolute atomic E-state index is 9.07. The summed E-state index contributed by atoms with van der Waals surface area (Å²) in [4.78, 5) is 0. The normalized spacial score (nSPS) is 11.7. The molecule has 0 bridgehead atoms. The number of hydrogen-bond acceptors (Lipinski definition) is 2. The Morgan fingerprint density at radius 3 is 2.19 bits per heavy atom. The maximum Gasteiger partial charge on any atom is 0.127 e. The third kappa shape index (κ3) is 7.91. The molecule has 1 rings (SSSR count). The lowest BCUT2D eigenvalue weighted by molar-refractivity contribution is 0.262. The molecule has 1 N–H and O–H groups in total. The van der Waals surface area contributed by atoms with Gasteiger partial charge >= 0.3 is 0 Å². The van der Waals surface area contributed by atoms with Crippen LogP contribution in [-0.2, 0) is 6.42 Å². The molecule has 0 spiro atoms. The molecule has 0 atom stereocenters. The van der Waals surface area contributed by atoms with Gasteiger partial charge in [0, 0.05) is 0 Å². The summed E-state index contributed by atoms with van der Waals surface area (Å²) in [5.41, 5.74) is 1.36. The number of unbranched alkanes of at least 4 members (excludes halogenated alkanes) is 6. The second kappa shape index (κ2) is 11.4. The van der Waals surface area contributed by atoms with E-state index in [-0.39, 0.29) is 6.61 Å². The molecule has 0 fully saturated rings. The molecule has 0 aliphatic rings. The van der Waals surface area contributed by atoms with E-state index in [9.17, 15) is 0 Å². The van der Waals surface area contributed by atoms with E-state index >= 15 is 0 Å². The van der Waals surface area contributed by atoms with E-state index in [1.165, 1.54) is 50.5 Å². The zero-order valence-corrected chi connectivity index (χ0v) is 13.6. The van der Waals surface area contributed by atoms with Crippen molar-refractivity contribution in [1.82, 2.24) is 0 Å². The molecular weight excluding hydrogens is 260 g/mol. The van der Waals surface area contributed by atoms with Crippen LogP contribution in [-0.4, -0.2) is 11.7 Å². The van der Waals surface area contributed by atoms with Crippen molar-refractivity contribution in [3.05, 3.63) is 41.7 Å². The maximum atomic E-state index is 9.07. The van der Waals surface area contributed by atoms with Gasteiger partial charge in [0.2, 0.25) is 0 Å². The van der Waals surface area contributed by atoms with Crippen LogP contribution >= 0.6 is 0 Å². The van der Waals surface area contributed by atoms with Gasteiger partial charge in [-0.1, -0.05) is 57.6 Å². The van der Waals surface area contributed by atoms with E-state index in [1.807, 2.05) is 19.1 Å². The summed E-state index contributed by atoms with van der Waals surface area (Å²) < 4.78 is 5.56. The molecular formula is C19H30O2. The van der Waals surface area contributed by atoms with Crippen LogP contribution < -0.4 is 4.74 Å². The van der Waals surface area contributed by atoms with Crippen molar-refractivity contribution < 1.29 is 9.84 Å². The summed E-state index contributed by atoms with van der Waals surface area (Å²) in [6.45, 7) is 4.06. The van der Waals surface area contributed by atoms with Gasteiger partial charge in [0.25, 0.3) is 0 Å². The molecule has 2 heteroatoms. The predicted octanol–water partition coefficient (Wildman–Crippen LogP) is 5.25. The van der Waals surface area contributed by atoms with Crippen LogP contribution in [0.5, 0.6) is 5.75 Å². The van der Waals surface area contributed by atoms with Crippen molar-refractivity contribution in [2.45, 2.75) is 65.2 Å². The smallest absolute Gasteiger partial charge is 0.127 e. The highest BCUT2D eigenvalue weighted by Crippen LogP contribution is 2.17. The molecule has 0 saturated carbocycles. The van der Waals surface area contributed by atoms with E-state index in [0.29, 0.717) is 5.76 Å². The quantitative estimate of drug-likeness (QED) is 0.445. The fourth-order valence-corrected chi connectivity index (χ4v) is 2.34. The molecule has 1 aromatic carbocycles. The predicted molar refractivity (Wildman–Crippen MR) is 89.6 cm³/mol. The summed E-state index contributed by atoms with van der Waals surface area (Å²) in [7, 11) is 0. The number of aliphatic hydroxyl groups excluding tert-OH is 1. The van der Waals surface area contributed by atoms with Crippen molar-refractivity contribution in [3.8, 4) is 5.75 Å². The van der Waals surface area contributed by atoms with Crippen LogP contribution in [0.25, 0.3) is 0 Å². The van der Waals surface area contributed by atoms with Gasteiger partial charge in [0.1, 0.15) is 18.1 Å². The van der Waals surface area contributed by atoms with Crippen LogP contribution in [0.3, 0.4) is 0 Å². The average molecular weight is 290 g/mol. The van der Waals surface area contributed by atoms with E-state index in [0.717, 1.165) is 12.2 Å². The molecule has 0 aliphatic heterocycles. The second-order valence-electron chi connectivity index (χ2n) is 5.53. The number of aliphatic hydroxyl groups is 1. The third-order valence-corrected chi connectivity index (χ3v) is 3.72. The topological polar surface area (TPSA) is 29.5 Å². The minimum Gasteiger partial charge on any atom is -0.460 e. The van der Waals surface area contributed by atoms with Crippen molar-refractivity contribution in [2.24, 2.45) is 0 Å². The third-order valence-electron chi connectivity index (χ3n) is 3.72. The Kier molecular flexibility index (Phi) is 9.64. The highest BCUT2D eigenvalue weighted by Gasteiger charge is 1.99. The monoisotopic (exact) mass is 290 g/mol. The Balaban J connectivity index is 2.22. The van der Waals surface area contributed by atoms with E-state index in [4.69, 9.17) is 9.84 Å². The zero-order chi connectivity index (χ0) is 15.3. The average Bonchev–Trinajstić information content (AvgIpc) is 2.53. The van der Waals surface area contributed by atoms with Crippen LogP contribution in [0.1, 0.15) is 64.4 Å². The number of hydrogen-bond donors (Lipinski definition) is 1. The Labute approximate surface area is 129 Å². The molecule has 0 amide bonds. The Hall–Kier alpha value is -1.28. The summed E-state index contributed by atoms with van der Waals surface area (Å²) >= 11 is 0. The van der Waals surface area contributed by atoms with Crippen molar-refractivity contribution in [3.63, 3.8) is 0 Å². The van der Waals surface area contributed by atoms with Gasteiger partial charge in [-0.2, -0.15) is 0 Å². The molecule has 0 unspecified atom stereocenters. The molecule has 0 heterocycles. The SMILES string of the molecule is CC=C(CO)Oc1ccc(CCCCCCCCC)cc1. The second-order valence-corrected chi connectivity index (χ2v) is 5.53. The molecule has 1 aromatic rings. The lowest BCUT2D eigenvalue weighted by Crippen LogP contribution is -1.99. The standard InChI is InChI=1S/C19H30O2/c1-3-5-6-7-8-9-10-11-17-12-14-19(15-13-17)21-18(4-2)16-20/h4,12-15,20H,3,5-11,16H2,1-2H3. The van der Waals surface area contributed by atoms with Crippen LogP contribution in [0.4, 0.5) is 0 Å². The molecule has 0 aromatic heterocycles. The number of aryl methyl sites for hydroxylation is 1. The first-order valence-corrected chi connectivity index (χ1v) is 8.33. The number of ether oxygens (including phenoxy) is 1. The number of allylic oxidation sites excluding steroid dienone is 1. The van der Waals surface area contributed by atoms with E-state index < -0.39 is 0 Å². The fourth-order valence-electron chi connectivity index (χ4n) is 2.34. The van der Waals surface area contributed by atoms with Gasteiger partial charge < -0.3 is 9.84 Å². The largest absolute Gasteiger partial charge is 0.460 e. The lowest BCUT2D eigenvalue weighted by Gasteiger charge is -2.08. The first-order valence-electron chi connectivity index (χ1n) is 8.33. The summed E-state index contributed by atoms with van der Waals surface area (Å²) in [6, 6.07) is 8.21. The molecule has 0 radical (unpaired) electrons. The van der Waals surface area contributed by atoms with Crippen molar-refractivity contribution in [2.75, 3.05) is 6.61 Å². The fraction of sp³-hybridized carbons (Fsp3) is 0.579. The zero-order valence-electron chi connectivity index (χ0n) is 13.6. The Bertz CT molecular complexity index is 393. The Morgan fingerprint density at radius 2 is 1.62 bits per heavy atom. The van der Waals surface area contributed by atoms with Gasteiger partial charge in [0.15, 0.2) is 0 Å². The summed E-state index contributed by atoms with van der Waals surface area (Å²) in [5, 5.41) is 9.07. The number of rotatable bonds is 11. The molecule has 0 saturated heterocycles. The highest BCUT2D eigenvalue weighted by atomic mass is 16.5. The molecule has 2 nitrogen and oxygen atoms in total. The van der Waals surface area contributed by atoms with E-state index in [2.05, 4.69) is 19.1 Å². The lowest BCUT2D eigenvalue weighted by atomic mass is 10.0. The molecule has 0 aliphatic carbocycles. The van der Waals surface area contributed by atoms with Gasteiger partial charge in [-0.3, -0.25) is 0 Å². The first kappa shape index (κ1) is 17.8. The first-order chi connectivity index (χ1) is 10.3. The van der Waals surface area contributed by atoms with Gasteiger partial charge in [-0.25, -0.2) is 0 Å². The summed E-state index contributed by atoms with van der Waals surface area (Å²) in [5.74, 6) is 1.38. The van der Waals surface area contributed by atoms with Crippen molar-refractivity contribution in [1.29, 1.82) is 0 Å². The minimum absolute atomic E-state index is 0.0592. The summed E-state index contributed by atoms with van der Waals surface area (Å²) in [6.07, 6.45) is 12.4. The van der Waals surface area contributed by atoms with Gasteiger partial charge in [0.05, 0.1) is 0 Å². The van der Waals surface area contributed by atoms with Gasteiger partial charge in [-0.15, -0.1) is 0 Å². The Morgan fingerprint density at radius 1 is 1.00 bits per heavy atom. The van der Waals surface area contributed by atoms with Crippen LogP contribution in [0.2, 0.25) is 0 Å². The van der Waals surface area contributed by atoms with Gasteiger partial charge in [-0.05, 0) is 43.5 Å².